The maximum atomic E-state index is 12.9. The van der Waals surface area contributed by atoms with Crippen molar-refractivity contribution in [3.8, 4) is 23.0 Å². The van der Waals surface area contributed by atoms with Gasteiger partial charge >= 0.3 is 0 Å². The van der Waals surface area contributed by atoms with E-state index < -0.39 is 0 Å². The molecule has 1 N–H and O–H groups in total. The number of hydrogen-bond acceptors (Lipinski definition) is 8. The molecule has 1 aliphatic carbocycles. The molecule has 2 fully saturated rings. The van der Waals surface area contributed by atoms with Crippen molar-refractivity contribution in [2.75, 3.05) is 53.6 Å². The van der Waals surface area contributed by atoms with Gasteiger partial charge in [-0.1, -0.05) is 72.8 Å². The lowest BCUT2D eigenvalue weighted by atomic mass is 9.85. The number of methoxy groups -OCH3 is 2. The van der Waals surface area contributed by atoms with Crippen LogP contribution < -0.4 is 24.3 Å². The molecule has 7 rings (SSSR count). The summed E-state index contributed by atoms with van der Waals surface area (Å²) >= 11 is 0. The first-order valence-electron chi connectivity index (χ1n) is 18.4. The van der Waals surface area contributed by atoms with Crippen LogP contribution in [0.2, 0.25) is 0 Å². The van der Waals surface area contributed by atoms with Gasteiger partial charge in [0.25, 0.3) is 0 Å². The number of nitrogens with one attached hydrogen (secondary N) is 1. The molecule has 4 aromatic carbocycles. The molecule has 8 heteroatoms. The van der Waals surface area contributed by atoms with Gasteiger partial charge in [-0.2, -0.15) is 0 Å². The second kappa shape index (κ2) is 18.2. The number of Topliss-reactive ketones (excluding diaryl/α,β-unsaturated/α-hetero) is 1. The SMILES string of the molecule is CCOc1ccccc1O[C@@H](c1ccccc1)[C@H]1CNCCO1.COc1cc2c(cc1OC)C(=O)C(CC1CCN(Cc3ccccc3)CC1)C2. The number of ether oxygens (including phenoxy) is 5. The van der Waals surface area contributed by atoms with Gasteiger partial charge in [-0.25, -0.2) is 0 Å². The molecule has 4 aromatic rings. The zero-order valence-electron chi connectivity index (χ0n) is 30.2. The van der Waals surface area contributed by atoms with E-state index in [0.29, 0.717) is 30.6 Å². The van der Waals surface area contributed by atoms with Crippen LogP contribution in [0.4, 0.5) is 0 Å². The molecular formula is C43H52N2O6. The molecule has 2 heterocycles. The number of para-hydroxylation sites is 2. The van der Waals surface area contributed by atoms with E-state index in [2.05, 4.69) is 52.7 Å². The van der Waals surface area contributed by atoms with Gasteiger partial charge in [0.1, 0.15) is 6.10 Å². The Morgan fingerprint density at radius 3 is 2.18 bits per heavy atom. The third-order valence-corrected chi connectivity index (χ3v) is 10.1. The second-order valence-corrected chi connectivity index (χ2v) is 13.5. The van der Waals surface area contributed by atoms with Gasteiger partial charge in [0.2, 0.25) is 0 Å². The van der Waals surface area contributed by atoms with Crippen molar-refractivity contribution in [1.82, 2.24) is 10.2 Å². The van der Waals surface area contributed by atoms with Crippen LogP contribution in [0.5, 0.6) is 23.0 Å². The van der Waals surface area contributed by atoms with Crippen LogP contribution in [-0.2, 0) is 17.7 Å². The number of nitrogens with zero attached hydrogens (tertiary/aromatic N) is 1. The number of ketones is 1. The number of rotatable bonds is 12. The highest BCUT2D eigenvalue weighted by Gasteiger charge is 2.34. The Morgan fingerprint density at radius 2 is 1.51 bits per heavy atom. The van der Waals surface area contributed by atoms with Crippen LogP contribution in [0.25, 0.3) is 0 Å². The fraction of sp³-hybridized carbons (Fsp3) is 0.419. The first kappa shape index (κ1) is 36.4. The summed E-state index contributed by atoms with van der Waals surface area (Å²) < 4.78 is 28.7. The topological polar surface area (TPSA) is 78.5 Å². The van der Waals surface area contributed by atoms with Crippen LogP contribution in [0, 0.1) is 11.8 Å². The zero-order valence-corrected chi connectivity index (χ0v) is 30.2. The van der Waals surface area contributed by atoms with Crippen LogP contribution >= 0.6 is 0 Å². The zero-order chi connectivity index (χ0) is 35.4. The molecule has 0 amide bonds. The number of carbonyl (C=O) groups is 1. The van der Waals surface area contributed by atoms with E-state index in [9.17, 15) is 4.79 Å². The predicted molar refractivity (Wildman–Crippen MR) is 200 cm³/mol. The summed E-state index contributed by atoms with van der Waals surface area (Å²) in [5.74, 6) is 3.89. The number of likely N-dealkylation sites (tertiary alicyclic amines) is 1. The number of hydrogen-bond donors (Lipinski definition) is 1. The number of carbonyl (C=O) groups excluding carboxylic acids is 1. The molecule has 2 aliphatic heterocycles. The van der Waals surface area contributed by atoms with Crippen molar-refractivity contribution < 1.29 is 28.5 Å². The van der Waals surface area contributed by atoms with Gasteiger partial charge in [0.05, 0.1) is 27.4 Å². The highest BCUT2D eigenvalue weighted by Crippen LogP contribution is 2.40. The van der Waals surface area contributed by atoms with Crippen LogP contribution in [0.15, 0.2) is 97.1 Å². The molecule has 3 atom stereocenters. The average molecular weight is 693 g/mol. The van der Waals surface area contributed by atoms with Crippen LogP contribution in [0.3, 0.4) is 0 Å². The quantitative estimate of drug-likeness (QED) is 0.163. The van der Waals surface area contributed by atoms with Crippen molar-refractivity contribution in [3.05, 3.63) is 119 Å². The lowest BCUT2D eigenvalue weighted by molar-refractivity contribution is -0.0439. The second-order valence-electron chi connectivity index (χ2n) is 13.5. The Bertz CT molecular complexity index is 1670. The van der Waals surface area contributed by atoms with Crippen molar-refractivity contribution in [2.45, 2.75) is 51.4 Å². The average Bonchev–Trinajstić information content (AvgIpc) is 3.49. The number of morpholine rings is 1. The smallest absolute Gasteiger partial charge is 0.166 e. The molecule has 1 unspecified atom stereocenters. The highest BCUT2D eigenvalue weighted by molar-refractivity contribution is 6.02. The van der Waals surface area contributed by atoms with Gasteiger partial charge in [-0.15, -0.1) is 0 Å². The standard InChI is InChI=1S/C24H29NO3.C19H23NO3/c1-27-22-14-19-13-20(24(26)21(19)15-23(22)28-2)12-17-8-10-25(11-9-17)16-18-6-4-3-5-7-18;1-2-21-16-10-6-7-11-17(16)23-19(15-8-4-3-5-9-15)18-14-20-12-13-22-18/h3-7,14-15,17,20H,8-13,16H2,1-2H3;3-11,18-20H,2,12-14H2,1H3/t;18-,19+/m.1/s1. The minimum absolute atomic E-state index is 0.0270. The maximum absolute atomic E-state index is 12.9. The van der Waals surface area contributed by atoms with Gasteiger partial charge in [0.15, 0.2) is 34.9 Å². The van der Waals surface area contributed by atoms with E-state index in [4.69, 9.17) is 23.7 Å². The molecule has 2 saturated heterocycles. The number of benzene rings is 4. The normalized spacial score (nSPS) is 19.7. The Kier molecular flexibility index (Phi) is 13.0. The molecule has 0 saturated carbocycles. The van der Waals surface area contributed by atoms with Crippen molar-refractivity contribution >= 4 is 5.78 Å². The van der Waals surface area contributed by atoms with Crippen LogP contribution in [0.1, 0.15) is 59.3 Å². The summed E-state index contributed by atoms with van der Waals surface area (Å²) in [6.07, 6.45) is 3.99. The molecule has 0 radical (unpaired) electrons. The summed E-state index contributed by atoms with van der Waals surface area (Å²) in [7, 11) is 3.26. The molecule has 3 aliphatic rings. The van der Waals surface area contributed by atoms with E-state index in [0.717, 1.165) is 73.8 Å². The van der Waals surface area contributed by atoms with Crippen LogP contribution in [-0.4, -0.2) is 70.4 Å². The van der Waals surface area contributed by atoms with Gasteiger partial charge < -0.3 is 29.0 Å². The molecular weight excluding hydrogens is 640 g/mol. The molecule has 51 heavy (non-hydrogen) atoms. The minimum Gasteiger partial charge on any atom is -0.493 e. The maximum Gasteiger partial charge on any atom is 0.166 e. The molecule has 270 valence electrons. The summed E-state index contributed by atoms with van der Waals surface area (Å²) in [5.41, 5.74) is 4.41. The Balaban J connectivity index is 0.000000179. The molecule has 8 nitrogen and oxygen atoms in total. The lowest BCUT2D eigenvalue weighted by Gasteiger charge is -2.32. The monoisotopic (exact) mass is 692 g/mol. The summed E-state index contributed by atoms with van der Waals surface area (Å²) in [6.45, 7) is 8.21. The van der Waals surface area contributed by atoms with Gasteiger partial charge in [-0.3, -0.25) is 9.69 Å². The van der Waals surface area contributed by atoms with E-state index in [1.54, 1.807) is 14.2 Å². The molecule has 0 spiro atoms. The van der Waals surface area contributed by atoms with Gasteiger partial charge in [-0.05, 0) is 92.6 Å². The highest BCUT2D eigenvalue weighted by atomic mass is 16.6. The van der Waals surface area contributed by atoms with E-state index in [1.165, 1.54) is 18.4 Å². The molecule has 0 aromatic heterocycles. The van der Waals surface area contributed by atoms with E-state index >= 15 is 0 Å². The Labute approximate surface area is 303 Å². The lowest BCUT2D eigenvalue weighted by Crippen LogP contribution is -2.43. The summed E-state index contributed by atoms with van der Waals surface area (Å²) in [6, 6.07) is 32.5. The number of piperidine rings is 1. The molecule has 0 bridgehead atoms. The summed E-state index contributed by atoms with van der Waals surface area (Å²) in [4.78, 5) is 15.5. The Hall–Kier alpha value is -4.37. The largest absolute Gasteiger partial charge is 0.493 e. The van der Waals surface area contributed by atoms with E-state index in [-0.39, 0.29) is 23.9 Å². The van der Waals surface area contributed by atoms with Crippen molar-refractivity contribution in [1.29, 1.82) is 0 Å². The summed E-state index contributed by atoms with van der Waals surface area (Å²) in [5, 5.41) is 3.37. The third kappa shape index (κ3) is 9.50. The van der Waals surface area contributed by atoms with E-state index in [1.807, 2.05) is 61.5 Å². The van der Waals surface area contributed by atoms with Crippen molar-refractivity contribution in [3.63, 3.8) is 0 Å². The first-order chi connectivity index (χ1) is 25.1. The minimum atomic E-state index is -0.175. The fourth-order valence-corrected chi connectivity index (χ4v) is 7.45. The Morgan fingerprint density at radius 1 is 0.843 bits per heavy atom. The van der Waals surface area contributed by atoms with Gasteiger partial charge in [0, 0.05) is 31.1 Å². The predicted octanol–water partition coefficient (Wildman–Crippen LogP) is 7.55. The number of fused-ring (bicyclic) bond motifs is 1. The van der Waals surface area contributed by atoms with Crippen molar-refractivity contribution in [2.24, 2.45) is 11.8 Å². The first-order valence-corrected chi connectivity index (χ1v) is 18.4. The fourth-order valence-electron chi connectivity index (χ4n) is 7.45. The third-order valence-electron chi connectivity index (χ3n) is 10.1.